The molecule has 1 heterocycles. The molecule has 1 atom stereocenters. The summed E-state index contributed by atoms with van der Waals surface area (Å²) in [5, 5.41) is 3.55. The standard InChI is InChI=1S/C20H21ClN2O4/c1-26-17-8-3-13(9-18(17)27-2)10-19(24)22-15-11-20(25)23(12-15)16-6-4-14(21)5-7-16/h3-9,15H,10-12H2,1-2H3,(H,22,24). The van der Waals surface area contributed by atoms with Crippen LogP contribution in [0.3, 0.4) is 0 Å². The Morgan fingerprint density at radius 1 is 1.15 bits per heavy atom. The Labute approximate surface area is 163 Å². The third-order valence-electron chi connectivity index (χ3n) is 4.44. The molecule has 2 amide bonds. The molecule has 0 aliphatic carbocycles. The normalized spacial score (nSPS) is 16.3. The summed E-state index contributed by atoms with van der Waals surface area (Å²) in [6.07, 6.45) is 0.478. The lowest BCUT2D eigenvalue weighted by Gasteiger charge is -2.17. The summed E-state index contributed by atoms with van der Waals surface area (Å²) in [5.74, 6) is 1.03. The van der Waals surface area contributed by atoms with Gasteiger partial charge in [0, 0.05) is 23.7 Å². The van der Waals surface area contributed by atoms with E-state index in [0.717, 1.165) is 11.3 Å². The second-order valence-electron chi connectivity index (χ2n) is 6.32. The fourth-order valence-corrected chi connectivity index (χ4v) is 3.26. The van der Waals surface area contributed by atoms with Crippen molar-refractivity contribution in [2.45, 2.75) is 18.9 Å². The van der Waals surface area contributed by atoms with Crippen LogP contribution in [0.5, 0.6) is 11.5 Å². The van der Waals surface area contributed by atoms with Crippen molar-refractivity contribution >= 4 is 29.1 Å². The maximum absolute atomic E-state index is 12.4. The number of carbonyl (C=O) groups is 2. The molecule has 1 fully saturated rings. The van der Waals surface area contributed by atoms with Gasteiger partial charge in [0.15, 0.2) is 11.5 Å². The van der Waals surface area contributed by atoms with Gasteiger partial charge in [-0.3, -0.25) is 9.59 Å². The van der Waals surface area contributed by atoms with E-state index in [9.17, 15) is 9.59 Å². The van der Waals surface area contributed by atoms with Crippen LogP contribution < -0.4 is 19.7 Å². The number of rotatable bonds is 6. The van der Waals surface area contributed by atoms with Gasteiger partial charge in [0.2, 0.25) is 11.8 Å². The summed E-state index contributed by atoms with van der Waals surface area (Å²) in [7, 11) is 3.12. The number of methoxy groups -OCH3 is 2. The molecule has 27 heavy (non-hydrogen) atoms. The molecule has 1 saturated heterocycles. The lowest BCUT2D eigenvalue weighted by atomic mass is 10.1. The number of hydrogen-bond donors (Lipinski definition) is 1. The first-order chi connectivity index (χ1) is 13.0. The zero-order valence-electron chi connectivity index (χ0n) is 15.2. The highest BCUT2D eigenvalue weighted by Crippen LogP contribution is 2.28. The van der Waals surface area contributed by atoms with Gasteiger partial charge in [-0.2, -0.15) is 0 Å². The minimum absolute atomic E-state index is 0.0197. The van der Waals surface area contributed by atoms with Crippen LogP contribution >= 0.6 is 11.6 Å². The van der Waals surface area contributed by atoms with Gasteiger partial charge in [-0.05, 0) is 42.0 Å². The van der Waals surface area contributed by atoms with Crippen LogP contribution in [0.4, 0.5) is 5.69 Å². The number of benzene rings is 2. The van der Waals surface area contributed by atoms with E-state index in [2.05, 4.69) is 5.32 Å². The second kappa shape index (κ2) is 8.31. The summed E-state index contributed by atoms with van der Waals surface area (Å²) in [4.78, 5) is 26.3. The molecule has 0 spiro atoms. The number of amides is 2. The van der Waals surface area contributed by atoms with E-state index in [1.54, 1.807) is 55.5 Å². The number of anilines is 1. The van der Waals surface area contributed by atoms with Gasteiger partial charge in [0.05, 0.1) is 26.7 Å². The number of nitrogens with zero attached hydrogens (tertiary/aromatic N) is 1. The molecule has 0 aromatic heterocycles. The van der Waals surface area contributed by atoms with Crippen LogP contribution in [0.2, 0.25) is 5.02 Å². The smallest absolute Gasteiger partial charge is 0.229 e. The Morgan fingerprint density at radius 2 is 1.85 bits per heavy atom. The first-order valence-electron chi connectivity index (χ1n) is 8.56. The highest BCUT2D eigenvalue weighted by molar-refractivity contribution is 6.30. The molecule has 1 unspecified atom stereocenters. The van der Waals surface area contributed by atoms with Crippen molar-refractivity contribution in [1.82, 2.24) is 5.32 Å². The quantitative estimate of drug-likeness (QED) is 0.826. The lowest BCUT2D eigenvalue weighted by Crippen LogP contribution is -2.38. The summed E-state index contributed by atoms with van der Waals surface area (Å²) in [6.45, 7) is 0.443. The number of nitrogens with one attached hydrogen (secondary N) is 1. The maximum Gasteiger partial charge on any atom is 0.229 e. The third-order valence-corrected chi connectivity index (χ3v) is 4.69. The van der Waals surface area contributed by atoms with Crippen LogP contribution in [0, 0.1) is 0 Å². The predicted octanol–water partition coefficient (Wildman–Crippen LogP) is 2.82. The molecule has 0 radical (unpaired) electrons. The van der Waals surface area contributed by atoms with Gasteiger partial charge in [-0.25, -0.2) is 0 Å². The molecule has 7 heteroatoms. The van der Waals surface area contributed by atoms with Gasteiger partial charge >= 0.3 is 0 Å². The van der Waals surface area contributed by atoms with E-state index in [1.165, 1.54) is 0 Å². The van der Waals surface area contributed by atoms with E-state index in [4.69, 9.17) is 21.1 Å². The van der Waals surface area contributed by atoms with Gasteiger partial charge in [0.25, 0.3) is 0 Å². The van der Waals surface area contributed by atoms with E-state index >= 15 is 0 Å². The predicted molar refractivity (Wildman–Crippen MR) is 104 cm³/mol. The molecule has 2 aromatic rings. The molecule has 3 rings (SSSR count). The Hall–Kier alpha value is -2.73. The van der Waals surface area contributed by atoms with E-state index < -0.39 is 0 Å². The average molecular weight is 389 g/mol. The fraction of sp³-hybridized carbons (Fsp3) is 0.300. The van der Waals surface area contributed by atoms with Crippen molar-refractivity contribution in [3.8, 4) is 11.5 Å². The monoisotopic (exact) mass is 388 g/mol. The molecule has 6 nitrogen and oxygen atoms in total. The summed E-state index contributed by atoms with van der Waals surface area (Å²) < 4.78 is 10.5. The highest BCUT2D eigenvalue weighted by Gasteiger charge is 2.31. The zero-order chi connectivity index (χ0) is 19.4. The molecule has 1 aliphatic rings. The van der Waals surface area contributed by atoms with Crippen LogP contribution in [-0.4, -0.2) is 38.6 Å². The molecule has 0 bridgehead atoms. The molecule has 0 saturated carbocycles. The summed E-state index contributed by atoms with van der Waals surface area (Å²) >= 11 is 5.89. The van der Waals surface area contributed by atoms with Crippen LogP contribution in [0.25, 0.3) is 0 Å². The van der Waals surface area contributed by atoms with Crippen molar-refractivity contribution in [2.24, 2.45) is 0 Å². The van der Waals surface area contributed by atoms with E-state index in [1.807, 2.05) is 6.07 Å². The second-order valence-corrected chi connectivity index (χ2v) is 6.75. The van der Waals surface area contributed by atoms with Crippen molar-refractivity contribution in [3.63, 3.8) is 0 Å². The van der Waals surface area contributed by atoms with Gasteiger partial charge in [0.1, 0.15) is 0 Å². The lowest BCUT2D eigenvalue weighted by molar-refractivity contribution is -0.121. The van der Waals surface area contributed by atoms with E-state index in [0.29, 0.717) is 23.1 Å². The molecule has 142 valence electrons. The first-order valence-corrected chi connectivity index (χ1v) is 8.94. The van der Waals surface area contributed by atoms with Crippen molar-refractivity contribution in [1.29, 1.82) is 0 Å². The maximum atomic E-state index is 12.4. The molecule has 1 aliphatic heterocycles. The summed E-state index contributed by atoms with van der Waals surface area (Å²) in [6, 6.07) is 12.2. The van der Waals surface area contributed by atoms with Gasteiger partial charge in [-0.15, -0.1) is 0 Å². The molecule has 1 N–H and O–H groups in total. The average Bonchev–Trinajstić information content (AvgIpc) is 3.02. The summed E-state index contributed by atoms with van der Waals surface area (Å²) in [5.41, 5.74) is 1.59. The first kappa shape index (κ1) is 19.0. The fourth-order valence-electron chi connectivity index (χ4n) is 3.13. The van der Waals surface area contributed by atoms with Crippen molar-refractivity contribution in [2.75, 3.05) is 25.7 Å². The van der Waals surface area contributed by atoms with Crippen LogP contribution in [0.1, 0.15) is 12.0 Å². The third kappa shape index (κ3) is 4.52. The minimum Gasteiger partial charge on any atom is -0.493 e. The molecule has 2 aromatic carbocycles. The Morgan fingerprint density at radius 3 is 2.52 bits per heavy atom. The number of hydrogen-bond acceptors (Lipinski definition) is 4. The van der Waals surface area contributed by atoms with Gasteiger partial charge in [-0.1, -0.05) is 17.7 Å². The number of carbonyl (C=O) groups excluding carboxylic acids is 2. The topological polar surface area (TPSA) is 67.9 Å². The highest BCUT2D eigenvalue weighted by atomic mass is 35.5. The van der Waals surface area contributed by atoms with Crippen LogP contribution in [-0.2, 0) is 16.0 Å². The minimum atomic E-state index is -0.221. The Balaban J connectivity index is 1.60. The molecular weight excluding hydrogens is 368 g/mol. The Kier molecular flexibility index (Phi) is 5.86. The Bertz CT molecular complexity index is 838. The molecular formula is C20H21ClN2O4. The zero-order valence-corrected chi connectivity index (χ0v) is 16.0. The van der Waals surface area contributed by atoms with Crippen molar-refractivity contribution < 1.29 is 19.1 Å². The van der Waals surface area contributed by atoms with Crippen molar-refractivity contribution in [3.05, 3.63) is 53.1 Å². The number of halogens is 1. The van der Waals surface area contributed by atoms with Gasteiger partial charge < -0.3 is 19.7 Å². The van der Waals surface area contributed by atoms with Crippen LogP contribution in [0.15, 0.2) is 42.5 Å². The largest absolute Gasteiger partial charge is 0.493 e. The number of ether oxygens (including phenoxy) is 2. The SMILES string of the molecule is COc1ccc(CC(=O)NC2CC(=O)N(c3ccc(Cl)cc3)C2)cc1OC. The van der Waals surface area contributed by atoms with E-state index in [-0.39, 0.29) is 30.7 Å².